The Balaban J connectivity index is 2.53. The summed E-state index contributed by atoms with van der Waals surface area (Å²) in [5.74, 6) is -0.549. The number of halogens is 1. The van der Waals surface area contributed by atoms with Gasteiger partial charge in [-0.2, -0.15) is 10.5 Å². The van der Waals surface area contributed by atoms with E-state index in [0.717, 1.165) is 32.4 Å². The predicted molar refractivity (Wildman–Crippen MR) is 61.9 cm³/mol. The quantitative estimate of drug-likeness (QED) is 0.743. The van der Waals surface area contributed by atoms with Crippen LogP contribution < -0.4 is 4.90 Å². The van der Waals surface area contributed by atoms with Crippen LogP contribution in [0.15, 0.2) is 12.1 Å². The van der Waals surface area contributed by atoms with Gasteiger partial charge in [0.2, 0.25) is 0 Å². The van der Waals surface area contributed by atoms with Gasteiger partial charge in [0.15, 0.2) is 0 Å². The number of hydrogen-bond acceptors (Lipinski definition) is 3. The third-order valence-corrected chi connectivity index (χ3v) is 3.03. The Labute approximate surface area is 99.7 Å². The van der Waals surface area contributed by atoms with E-state index in [9.17, 15) is 4.39 Å². The summed E-state index contributed by atoms with van der Waals surface area (Å²) < 4.78 is 13.6. The van der Waals surface area contributed by atoms with Gasteiger partial charge in [0.1, 0.15) is 23.5 Å². The van der Waals surface area contributed by atoms with Crippen molar-refractivity contribution >= 4 is 5.69 Å². The van der Waals surface area contributed by atoms with Crippen molar-refractivity contribution in [1.82, 2.24) is 0 Å². The minimum absolute atomic E-state index is 0.00838. The second kappa shape index (κ2) is 4.84. The normalized spacial score (nSPS) is 15.1. The lowest BCUT2D eigenvalue weighted by Crippen LogP contribution is -2.31. The fourth-order valence-electron chi connectivity index (χ4n) is 2.21. The predicted octanol–water partition coefficient (Wildman–Crippen LogP) is 2.56. The van der Waals surface area contributed by atoms with E-state index in [0.29, 0.717) is 11.3 Å². The molecule has 1 aromatic carbocycles. The second-order valence-electron chi connectivity index (χ2n) is 4.09. The van der Waals surface area contributed by atoms with Gasteiger partial charge in [0.05, 0.1) is 11.3 Å². The van der Waals surface area contributed by atoms with Gasteiger partial charge in [0.25, 0.3) is 0 Å². The first-order valence-corrected chi connectivity index (χ1v) is 5.65. The summed E-state index contributed by atoms with van der Waals surface area (Å²) in [4.78, 5) is 1.95. The first-order chi connectivity index (χ1) is 8.27. The monoisotopic (exact) mass is 229 g/mol. The van der Waals surface area contributed by atoms with Gasteiger partial charge in [-0.15, -0.1) is 0 Å². The number of rotatable bonds is 1. The first kappa shape index (κ1) is 11.4. The Bertz CT molecular complexity index is 505. The number of nitriles is 2. The summed E-state index contributed by atoms with van der Waals surface area (Å²) >= 11 is 0. The van der Waals surface area contributed by atoms with Gasteiger partial charge < -0.3 is 4.90 Å². The van der Waals surface area contributed by atoms with E-state index in [1.165, 1.54) is 12.1 Å². The Kier molecular flexibility index (Phi) is 3.25. The highest BCUT2D eigenvalue weighted by molar-refractivity contribution is 5.68. The molecule has 0 bridgehead atoms. The van der Waals surface area contributed by atoms with Crippen molar-refractivity contribution in [2.24, 2.45) is 0 Å². The molecule has 0 amide bonds. The Morgan fingerprint density at radius 2 is 1.76 bits per heavy atom. The van der Waals surface area contributed by atoms with Crippen molar-refractivity contribution in [3.8, 4) is 12.1 Å². The molecule has 0 aliphatic carbocycles. The topological polar surface area (TPSA) is 50.8 Å². The number of nitrogens with zero attached hydrogens (tertiary/aromatic N) is 3. The zero-order valence-corrected chi connectivity index (χ0v) is 9.41. The average Bonchev–Trinajstić information content (AvgIpc) is 2.39. The molecule has 1 saturated heterocycles. The van der Waals surface area contributed by atoms with Crippen molar-refractivity contribution in [2.45, 2.75) is 19.3 Å². The molecule has 1 aliphatic heterocycles. The molecule has 0 spiro atoms. The Morgan fingerprint density at radius 1 is 1.06 bits per heavy atom. The van der Waals surface area contributed by atoms with Crippen LogP contribution in [0.5, 0.6) is 0 Å². The summed E-state index contributed by atoms with van der Waals surface area (Å²) in [6, 6.07) is 6.53. The van der Waals surface area contributed by atoms with E-state index in [1.54, 1.807) is 0 Å². The van der Waals surface area contributed by atoms with Gasteiger partial charge in [-0.3, -0.25) is 0 Å². The lowest BCUT2D eigenvalue weighted by atomic mass is 10.0. The zero-order chi connectivity index (χ0) is 12.3. The Morgan fingerprint density at radius 3 is 2.35 bits per heavy atom. The third-order valence-electron chi connectivity index (χ3n) is 3.03. The highest BCUT2D eigenvalue weighted by Crippen LogP contribution is 2.29. The summed E-state index contributed by atoms with van der Waals surface area (Å²) in [7, 11) is 0. The van der Waals surface area contributed by atoms with Crippen LogP contribution in [0, 0.1) is 28.5 Å². The van der Waals surface area contributed by atoms with Gasteiger partial charge >= 0.3 is 0 Å². The summed E-state index contributed by atoms with van der Waals surface area (Å²) in [5, 5.41) is 18.1. The lowest BCUT2D eigenvalue weighted by molar-refractivity contribution is 0.572. The van der Waals surface area contributed by atoms with Gasteiger partial charge in [-0.05, 0) is 31.4 Å². The van der Waals surface area contributed by atoms with E-state index in [2.05, 4.69) is 0 Å². The van der Waals surface area contributed by atoms with Gasteiger partial charge in [-0.25, -0.2) is 4.39 Å². The third kappa shape index (κ3) is 2.07. The number of piperidine rings is 1. The molecule has 0 unspecified atom stereocenters. The maximum absolute atomic E-state index is 13.6. The molecule has 2 rings (SSSR count). The van der Waals surface area contributed by atoms with Crippen LogP contribution in [-0.4, -0.2) is 13.1 Å². The molecule has 0 aromatic heterocycles. The Hall–Kier alpha value is -2.07. The van der Waals surface area contributed by atoms with E-state index in [1.807, 2.05) is 17.0 Å². The zero-order valence-electron chi connectivity index (χ0n) is 9.41. The van der Waals surface area contributed by atoms with Crippen LogP contribution in [0.3, 0.4) is 0 Å². The van der Waals surface area contributed by atoms with Crippen LogP contribution in [0.1, 0.15) is 30.4 Å². The van der Waals surface area contributed by atoms with Crippen molar-refractivity contribution in [2.75, 3.05) is 18.0 Å². The van der Waals surface area contributed by atoms with E-state index >= 15 is 0 Å². The standard InChI is InChI=1S/C13H12FN3/c14-12-5-4-10(8-15)13(11(12)9-16)17-6-2-1-3-7-17/h4-5H,1-3,6-7H2. The van der Waals surface area contributed by atoms with Crippen LogP contribution in [-0.2, 0) is 0 Å². The molecule has 4 heteroatoms. The minimum Gasteiger partial charge on any atom is -0.369 e. The molecule has 86 valence electrons. The molecule has 1 aromatic rings. The molecule has 0 atom stereocenters. The SMILES string of the molecule is N#Cc1ccc(F)c(C#N)c1N1CCCCC1. The smallest absolute Gasteiger partial charge is 0.143 e. The molecular formula is C13H12FN3. The summed E-state index contributed by atoms with van der Waals surface area (Å²) in [5.41, 5.74) is 0.838. The number of anilines is 1. The summed E-state index contributed by atoms with van der Waals surface area (Å²) in [6.45, 7) is 1.57. The van der Waals surface area contributed by atoms with Crippen LogP contribution in [0.4, 0.5) is 10.1 Å². The largest absolute Gasteiger partial charge is 0.369 e. The molecule has 0 radical (unpaired) electrons. The van der Waals surface area contributed by atoms with E-state index in [4.69, 9.17) is 10.5 Å². The van der Waals surface area contributed by atoms with Crippen molar-refractivity contribution < 1.29 is 4.39 Å². The van der Waals surface area contributed by atoms with Crippen LogP contribution in [0.2, 0.25) is 0 Å². The molecule has 0 N–H and O–H groups in total. The highest BCUT2D eigenvalue weighted by Gasteiger charge is 2.20. The van der Waals surface area contributed by atoms with Crippen LogP contribution in [0.25, 0.3) is 0 Å². The van der Waals surface area contributed by atoms with E-state index in [-0.39, 0.29) is 5.56 Å². The molecule has 0 saturated carbocycles. The maximum atomic E-state index is 13.6. The number of hydrogen-bond donors (Lipinski definition) is 0. The highest BCUT2D eigenvalue weighted by atomic mass is 19.1. The van der Waals surface area contributed by atoms with Crippen LogP contribution >= 0.6 is 0 Å². The number of benzene rings is 1. The second-order valence-corrected chi connectivity index (χ2v) is 4.09. The molecule has 17 heavy (non-hydrogen) atoms. The first-order valence-electron chi connectivity index (χ1n) is 5.65. The fraction of sp³-hybridized carbons (Fsp3) is 0.385. The lowest BCUT2D eigenvalue weighted by Gasteiger charge is -2.30. The average molecular weight is 229 g/mol. The molecule has 1 aliphatic rings. The summed E-state index contributed by atoms with van der Waals surface area (Å²) in [6.07, 6.45) is 3.19. The van der Waals surface area contributed by atoms with Gasteiger partial charge in [-0.1, -0.05) is 0 Å². The van der Waals surface area contributed by atoms with E-state index < -0.39 is 5.82 Å². The maximum Gasteiger partial charge on any atom is 0.143 e. The fourth-order valence-corrected chi connectivity index (χ4v) is 2.21. The molecule has 3 nitrogen and oxygen atoms in total. The molecular weight excluding hydrogens is 217 g/mol. The minimum atomic E-state index is -0.549. The van der Waals surface area contributed by atoms with Gasteiger partial charge in [0, 0.05) is 13.1 Å². The van der Waals surface area contributed by atoms with Crippen molar-refractivity contribution in [3.05, 3.63) is 29.1 Å². The van der Waals surface area contributed by atoms with Crippen molar-refractivity contribution in [1.29, 1.82) is 10.5 Å². The molecule has 1 heterocycles. The van der Waals surface area contributed by atoms with Crippen molar-refractivity contribution in [3.63, 3.8) is 0 Å². The molecule has 1 fully saturated rings.